The number of nitrogens with zero attached hydrogens (tertiary/aromatic N) is 3. The molecule has 1 spiro atoms. The van der Waals surface area contributed by atoms with Crippen LogP contribution < -0.4 is 0 Å². The Labute approximate surface area is 293 Å². The van der Waals surface area contributed by atoms with Crippen molar-refractivity contribution in [1.29, 1.82) is 0 Å². The molecule has 4 rings (SSSR count). The summed E-state index contributed by atoms with van der Waals surface area (Å²) in [6.07, 6.45) is -0.0292. The molecule has 8 atom stereocenters. The molecule has 11 heteroatoms. The summed E-state index contributed by atoms with van der Waals surface area (Å²) < 4.78 is 25.2. The highest BCUT2D eigenvalue weighted by atomic mass is 35.5. The molecule has 272 valence electrons. The molecule has 3 aliphatic heterocycles. The number of hydrogen-bond donors (Lipinski definition) is 1. The average molecular weight is 694 g/mol. The van der Waals surface area contributed by atoms with Crippen molar-refractivity contribution in [3.8, 4) is 0 Å². The van der Waals surface area contributed by atoms with Gasteiger partial charge in [0.05, 0.1) is 23.3 Å². The fraction of sp³-hybridized carbons (Fsp3) is 0.784. The second-order valence-electron chi connectivity index (χ2n) is 15.8. The lowest BCUT2D eigenvalue weighted by molar-refractivity contribution is -0.295. The van der Waals surface area contributed by atoms with Gasteiger partial charge in [0.25, 0.3) is 0 Å². The summed E-state index contributed by atoms with van der Waals surface area (Å²) in [6, 6.07) is 7.79. The quantitative estimate of drug-likeness (QED) is 0.335. The van der Waals surface area contributed by atoms with Crippen molar-refractivity contribution in [1.82, 2.24) is 14.7 Å². The first-order valence-corrected chi connectivity index (χ1v) is 17.9. The van der Waals surface area contributed by atoms with E-state index >= 15 is 0 Å². The van der Waals surface area contributed by atoms with Crippen LogP contribution in [0.4, 0.5) is 0 Å². The van der Waals surface area contributed by atoms with Gasteiger partial charge in [0, 0.05) is 50.3 Å². The number of carbonyl (C=O) groups excluding carboxylic acids is 2. The number of piperidine rings is 1. The van der Waals surface area contributed by atoms with Crippen molar-refractivity contribution in [3.63, 3.8) is 0 Å². The normalized spacial score (nSPS) is 35.9. The molecule has 3 saturated heterocycles. The number of carbonyl (C=O) groups is 2. The number of cyclic esters (lactones) is 1. The summed E-state index contributed by atoms with van der Waals surface area (Å²) in [6.45, 7) is 14.6. The molecule has 1 N–H and O–H groups in total. The van der Waals surface area contributed by atoms with Crippen LogP contribution in [0.1, 0.15) is 72.8 Å². The Kier molecular flexibility index (Phi) is 12.8. The predicted octanol–water partition coefficient (Wildman–Crippen LogP) is 4.64. The lowest BCUT2D eigenvalue weighted by Gasteiger charge is -2.48. The highest BCUT2D eigenvalue weighted by molar-refractivity contribution is 6.30. The molecule has 0 radical (unpaired) electrons. The minimum atomic E-state index is -1.44. The Balaban J connectivity index is 1.62. The first-order chi connectivity index (χ1) is 22.4. The number of halogens is 1. The fourth-order valence-electron chi connectivity index (χ4n) is 8.17. The minimum Gasteiger partial charge on any atom is -0.463 e. The van der Waals surface area contributed by atoms with Gasteiger partial charge in [-0.15, -0.1) is 0 Å². The van der Waals surface area contributed by atoms with Crippen molar-refractivity contribution >= 4 is 23.4 Å². The van der Waals surface area contributed by atoms with E-state index in [1.165, 1.54) is 5.56 Å². The van der Waals surface area contributed by atoms with E-state index in [1.54, 1.807) is 27.9 Å². The lowest BCUT2D eigenvalue weighted by atomic mass is 9.74. The lowest BCUT2D eigenvalue weighted by Crippen LogP contribution is -2.59. The topological polar surface area (TPSA) is 101 Å². The van der Waals surface area contributed by atoms with Gasteiger partial charge in [-0.3, -0.25) is 19.4 Å². The molecule has 3 fully saturated rings. The third kappa shape index (κ3) is 8.62. The number of aliphatic hydroxyl groups is 1. The van der Waals surface area contributed by atoms with Gasteiger partial charge in [-0.05, 0) is 98.1 Å². The zero-order chi connectivity index (χ0) is 35.6. The van der Waals surface area contributed by atoms with Crippen LogP contribution in [0, 0.1) is 17.3 Å². The molecule has 3 aliphatic rings. The van der Waals surface area contributed by atoms with Crippen LogP contribution in [-0.4, -0.2) is 128 Å². The fourth-order valence-corrected chi connectivity index (χ4v) is 8.38. The van der Waals surface area contributed by atoms with E-state index < -0.39 is 41.4 Å². The number of ether oxygens (including phenoxy) is 4. The van der Waals surface area contributed by atoms with Crippen LogP contribution in [0.3, 0.4) is 0 Å². The molecule has 0 aromatic heterocycles. The number of rotatable bonds is 6. The smallest absolute Gasteiger partial charge is 0.319 e. The summed E-state index contributed by atoms with van der Waals surface area (Å²) in [5.41, 5.74) is -1.59. The van der Waals surface area contributed by atoms with E-state index in [4.69, 9.17) is 30.5 Å². The maximum absolute atomic E-state index is 14.3. The van der Waals surface area contributed by atoms with Crippen molar-refractivity contribution in [2.45, 2.75) is 116 Å². The minimum absolute atomic E-state index is 0.129. The first kappa shape index (κ1) is 39.2. The third-order valence-corrected chi connectivity index (χ3v) is 11.6. The van der Waals surface area contributed by atoms with E-state index in [2.05, 4.69) is 29.8 Å². The Bertz CT molecular complexity index is 1260. The number of Topliss-reactive ketones (excluding diaryl/α,β-unsaturated/α-hetero) is 1. The number of ketones is 1. The van der Waals surface area contributed by atoms with Crippen molar-refractivity contribution < 1.29 is 33.6 Å². The maximum atomic E-state index is 14.3. The maximum Gasteiger partial charge on any atom is 0.319 e. The largest absolute Gasteiger partial charge is 0.463 e. The number of hydrogen-bond acceptors (Lipinski definition) is 10. The van der Waals surface area contributed by atoms with Crippen LogP contribution in [-0.2, 0) is 35.1 Å². The Morgan fingerprint density at radius 2 is 1.77 bits per heavy atom. The number of methoxy groups -OCH3 is 1. The summed E-state index contributed by atoms with van der Waals surface area (Å²) in [7, 11) is 7.61. The zero-order valence-corrected chi connectivity index (χ0v) is 31.6. The summed E-state index contributed by atoms with van der Waals surface area (Å²) in [5, 5.41) is 12.1. The number of likely N-dealkylation sites (tertiary alicyclic amines) is 1. The van der Waals surface area contributed by atoms with Gasteiger partial charge in [0.1, 0.15) is 18.1 Å². The molecule has 0 bridgehead atoms. The average Bonchev–Trinajstić information content (AvgIpc) is 3.03. The summed E-state index contributed by atoms with van der Waals surface area (Å²) >= 11 is 6.25. The molecular weight excluding hydrogens is 634 g/mol. The predicted molar refractivity (Wildman–Crippen MR) is 187 cm³/mol. The highest BCUT2D eigenvalue weighted by Gasteiger charge is 2.52. The van der Waals surface area contributed by atoms with Crippen LogP contribution >= 0.6 is 11.6 Å². The Morgan fingerprint density at radius 3 is 2.38 bits per heavy atom. The van der Waals surface area contributed by atoms with Gasteiger partial charge in [0.2, 0.25) is 0 Å². The van der Waals surface area contributed by atoms with E-state index in [-0.39, 0.29) is 36.0 Å². The standard InChI is InChI=1S/C37H60ClN3O7/c1-24-20-36(6,45-10)32(48-33-30(42)29(39(7)8)18-25(2)47-33)26(3)31(43)35(4,5)34(44)46-23-37(40(9)21-24)14-16-41(17-15-37)22-27-12-11-13-28(38)19-27/h11-13,19,24-26,29-30,32-33,42H,14-18,20-23H2,1-10H3/t24-,25-,26+,29+,30-,32-,33+,36-/m1/s1. The third-order valence-electron chi connectivity index (χ3n) is 11.3. The molecule has 3 heterocycles. The molecule has 0 amide bonds. The van der Waals surface area contributed by atoms with E-state index in [0.29, 0.717) is 12.8 Å². The highest BCUT2D eigenvalue weighted by Crippen LogP contribution is 2.40. The molecule has 0 saturated carbocycles. The molecule has 1 aromatic rings. The molecule has 1 aromatic carbocycles. The number of aliphatic hydroxyl groups excluding tert-OH is 1. The number of benzene rings is 1. The summed E-state index contributed by atoms with van der Waals surface area (Å²) in [5.74, 6) is -1.48. The van der Waals surface area contributed by atoms with Crippen LogP contribution in [0.15, 0.2) is 24.3 Å². The molecular formula is C37H60ClN3O7. The first-order valence-electron chi connectivity index (χ1n) is 17.5. The van der Waals surface area contributed by atoms with Crippen LogP contribution in [0.25, 0.3) is 0 Å². The van der Waals surface area contributed by atoms with Crippen molar-refractivity contribution in [2.75, 3.05) is 54.5 Å². The second-order valence-corrected chi connectivity index (χ2v) is 16.3. The zero-order valence-electron chi connectivity index (χ0n) is 30.8. The molecule has 0 aliphatic carbocycles. The van der Waals surface area contributed by atoms with Gasteiger partial charge >= 0.3 is 5.97 Å². The number of likely N-dealkylation sites (N-methyl/N-ethyl adjacent to an activating group) is 2. The van der Waals surface area contributed by atoms with E-state index in [9.17, 15) is 14.7 Å². The van der Waals surface area contributed by atoms with Gasteiger partial charge in [0.15, 0.2) is 12.1 Å². The molecule has 48 heavy (non-hydrogen) atoms. The van der Waals surface area contributed by atoms with Crippen molar-refractivity contribution in [2.24, 2.45) is 17.3 Å². The van der Waals surface area contributed by atoms with Gasteiger partial charge < -0.3 is 29.0 Å². The second kappa shape index (κ2) is 15.7. The number of esters is 1. The Hall–Kier alpha value is -1.63. The SMILES string of the molecule is CO[C@]1(C)C[C@@H](C)CN(C)C2(CCN(Cc3cccc(Cl)c3)CC2)COC(=O)C(C)(C)C(=O)[C@H](C)[C@H]1O[C@@H]1O[C@H](C)C[C@H](N(C)C)[C@H]1O. The van der Waals surface area contributed by atoms with Crippen LogP contribution in [0.5, 0.6) is 0 Å². The summed E-state index contributed by atoms with van der Waals surface area (Å²) in [4.78, 5) is 34.9. The van der Waals surface area contributed by atoms with Crippen molar-refractivity contribution in [3.05, 3.63) is 34.9 Å². The van der Waals surface area contributed by atoms with Gasteiger partial charge in [-0.25, -0.2) is 0 Å². The van der Waals surface area contributed by atoms with Gasteiger partial charge in [-0.1, -0.05) is 37.6 Å². The van der Waals surface area contributed by atoms with E-state index in [1.807, 2.05) is 51.0 Å². The molecule has 10 nitrogen and oxygen atoms in total. The van der Waals surface area contributed by atoms with Gasteiger partial charge in [-0.2, -0.15) is 0 Å². The van der Waals surface area contributed by atoms with Crippen LogP contribution in [0.2, 0.25) is 5.02 Å². The Morgan fingerprint density at radius 1 is 1.10 bits per heavy atom. The monoisotopic (exact) mass is 693 g/mol. The molecule has 0 unspecified atom stereocenters. The van der Waals surface area contributed by atoms with E-state index in [0.717, 1.165) is 44.0 Å².